The lowest BCUT2D eigenvalue weighted by Crippen LogP contribution is -1.92. The maximum Gasteiger partial charge on any atom is 0.148 e. The van der Waals surface area contributed by atoms with Gasteiger partial charge >= 0.3 is 0 Å². The molecule has 2 aromatic rings. The first-order chi connectivity index (χ1) is 9.13. The van der Waals surface area contributed by atoms with Crippen LogP contribution >= 0.6 is 15.9 Å². The van der Waals surface area contributed by atoms with Gasteiger partial charge in [-0.1, -0.05) is 0 Å². The minimum atomic E-state index is -0.417. The molecule has 19 heavy (non-hydrogen) atoms. The van der Waals surface area contributed by atoms with Crippen LogP contribution in [0.2, 0.25) is 0 Å². The SMILES string of the molecule is COc1ccc(C#N)c(Oc2cc(F)ccc2Br)c1. The highest BCUT2D eigenvalue weighted by Crippen LogP contribution is 2.33. The van der Waals surface area contributed by atoms with Crippen LogP contribution in [0.5, 0.6) is 17.2 Å². The minimum absolute atomic E-state index is 0.296. The van der Waals surface area contributed by atoms with E-state index in [1.807, 2.05) is 6.07 Å². The van der Waals surface area contributed by atoms with Gasteiger partial charge in [0.2, 0.25) is 0 Å². The van der Waals surface area contributed by atoms with Crippen molar-refractivity contribution >= 4 is 15.9 Å². The Morgan fingerprint density at radius 3 is 2.63 bits per heavy atom. The first-order valence-electron chi connectivity index (χ1n) is 5.35. The van der Waals surface area contributed by atoms with Gasteiger partial charge in [-0.25, -0.2) is 4.39 Å². The summed E-state index contributed by atoms with van der Waals surface area (Å²) < 4.78 is 24.4. The predicted molar refractivity (Wildman–Crippen MR) is 71.9 cm³/mol. The summed E-state index contributed by atoms with van der Waals surface area (Å²) in [6.45, 7) is 0. The van der Waals surface area contributed by atoms with E-state index in [9.17, 15) is 4.39 Å². The maximum absolute atomic E-state index is 13.2. The van der Waals surface area contributed by atoms with Gasteiger partial charge in [0.1, 0.15) is 29.1 Å². The van der Waals surface area contributed by atoms with E-state index in [2.05, 4.69) is 15.9 Å². The lowest BCUT2D eigenvalue weighted by Gasteiger charge is -2.10. The van der Waals surface area contributed by atoms with E-state index in [1.165, 1.54) is 25.3 Å². The molecule has 0 radical (unpaired) electrons. The maximum atomic E-state index is 13.2. The van der Waals surface area contributed by atoms with Gasteiger partial charge in [0.25, 0.3) is 0 Å². The van der Waals surface area contributed by atoms with E-state index in [0.29, 0.717) is 27.3 Å². The number of ether oxygens (including phenoxy) is 2. The van der Waals surface area contributed by atoms with Gasteiger partial charge in [-0.2, -0.15) is 5.26 Å². The number of halogens is 2. The van der Waals surface area contributed by atoms with Crippen molar-refractivity contribution < 1.29 is 13.9 Å². The Bertz CT molecular complexity index is 652. The number of hydrogen-bond donors (Lipinski definition) is 0. The van der Waals surface area contributed by atoms with E-state index in [4.69, 9.17) is 14.7 Å². The topological polar surface area (TPSA) is 42.2 Å². The molecule has 0 saturated heterocycles. The van der Waals surface area contributed by atoms with Crippen molar-refractivity contribution in [2.24, 2.45) is 0 Å². The molecule has 0 heterocycles. The molecule has 0 fully saturated rings. The van der Waals surface area contributed by atoms with E-state index in [-0.39, 0.29) is 0 Å². The molecule has 0 saturated carbocycles. The van der Waals surface area contributed by atoms with Crippen LogP contribution in [0.1, 0.15) is 5.56 Å². The molecule has 0 spiro atoms. The summed E-state index contributed by atoms with van der Waals surface area (Å²) in [5, 5.41) is 9.03. The van der Waals surface area contributed by atoms with Crippen LogP contribution < -0.4 is 9.47 Å². The Kier molecular flexibility index (Phi) is 4.03. The molecule has 2 rings (SSSR count). The number of nitriles is 1. The van der Waals surface area contributed by atoms with E-state index in [1.54, 1.807) is 18.2 Å². The van der Waals surface area contributed by atoms with Crippen LogP contribution in [0, 0.1) is 17.1 Å². The molecule has 0 bridgehead atoms. The second-order valence-electron chi connectivity index (χ2n) is 3.65. The van der Waals surface area contributed by atoms with Crippen molar-refractivity contribution in [3.63, 3.8) is 0 Å². The molecule has 96 valence electrons. The van der Waals surface area contributed by atoms with E-state index >= 15 is 0 Å². The van der Waals surface area contributed by atoms with Gasteiger partial charge in [-0.05, 0) is 40.2 Å². The molecule has 0 amide bonds. The molecule has 0 atom stereocenters. The third-order valence-corrected chi connectivity index (χ3v) is 3.08. The molecule has 2 aromatic carbocycles. The van der Waals surface area contributed by atoms with Crippen LogP contribution in [0.4, 0.5) is 4.39 Å². The van der Waals surface area contributed by atoms with Crippen molar-refractivity contribution in [3.8, 4) is 23.3 Å². The Morgan fingerprint density at radius 1 is 1.16 bits per heavy atom. The Morgan fingerprint density at radius 2 is 1.95 bits per heavy atom. The van der Waals surface area contributed by atoms with Gasteiger partial charge in [-0.3, -0.25) is 0 Å². The molecule has 0 N–H and O–H groups in total. The average Bonchev–Trinajstić information content (AvgIpc) is 2.42. The van der Waals surface area contributed by atoms with Gasteiger partial charge in [0.05, 0.1) is 17.1 Å². The van der Waals surface area contributed by atoms with Crippen molar-refractivity contribution in [1.29, 1.82) is 5.26 Å². The van der Waals surface area contributed by atoms with Crippen molar-refractivity contribution in [1.82, 2.24) is 0 Å². The van der Waals surface area contributed by atoms with Gasteiger partial charge < -0.3 is 9.47 Å². The highest BCUT2D eigenvalue weighted by Gasteiger charge is 2.10. The number of methoxy groups -OCH3 is 1. The van der Waals surface area contributed by atoms with Crippen LogP contribution in [0.25, 0.3) is 0 Å². The molecule has 5 heteroatoms. The third-order valence-electron chi connectivity index (χ3n) is 2.42. The van der Waals surface area contributed by atoms with Crippen molar-refractivity contribution in [3.05, 3.63) is 52.3 Å². The number of hydrogen-bond acceptors (Lipinski definition) is 3. The molecule has 0 aliphatic carbocycles. The number of rotatable bonds is 3. The fourth-order valence-corrected chi connectivity index (χ4v) is 1.81. The number of benzene rings is 2. The summed E-state index contributed by atoms with van der Waals surface area (Å²) in [4.78, 5) is 0. The zero-order valence-electron chi connectivity index (χ0n) is 9.98. The monoisotopic (exact) mass is 321 g/mol. The summed E-state index contributed by atoms with van der Waals surface area (Å²) in [7, 11) is 1.52. The van der Waals surface area contributed by atoms with Gasteiger partial charge in [0.15, 0.2) is 0 Å². The molecular weight excluding hydrogens is 313 g/mol. The molecular formula is C14H9BrFNO2. The van der Waals surface area contributed by atoms with E-state index in [0.717, 1.165) is 0 Å². The minimum Gasteiger partial charge on any atom is -0.497 e. The average molecular weight is 322 g/mol. The summed E-state index contributed by atoms with van der Waals surface area (Å²) >= 11 is 3.26. The fourth-order valence-electron chi connectivity index (χ4n) is 1.48. The van der Waals surface area contributed by atoms with Gasteiger partial charge in [0, 0.05) is 12.1 Å². The molecule has 0 unspecified atom stereocenters. The standard InChI is InChI=1S/C14H9BrFNO2/c1-18-11-4-2-9(8-17)13(7-11)19-14-6-10(16)3-5-12(14)15/h2-7H,1H3. The fraction of sp³-hybridized carbons (Fsp3) is 0.0714. The first-order valence-corrected chi connectivity index (χ1v) is 6.14. The van der Waals surface area contributed by atoms with Crippen LogP contribution in [-0.2, 0) is 0 Å². The van der Waals surface area contributed by atoms with Crippen molar-refractivity contribution in [2.45, 2.75) is 0 Å². The van der Waals surface area contributed by atoms with E-state index < -0.39 is 5.82 Å². The lowest BCUT2D eigenvalue weighted by atomic mass is 10.2. The summed E-state index contributed by atoms with van der Waals surface area (Å²) in [6.07, 6.45) is 0. The summed E-state index contributed by atoms with van der Waals surface area (Å²) in [5.41, 5.74) is 0.344. The molecule has 3 nitrogen and oxygen atoms in total. The Labute approximate surface area is 118 Å². The van der Waals surface area contributed by atoms with Gasteiger partial charge in [-0.15, -0.1) is 0 Å². The zero-order valence-corrected chi connectivity index (χ0v) is 11.6. The second-order valence-corrected chi connectivity index (χ2v) is 4.51. The summed E-state index contributed by atoms with van der Waals surface area (Å²) in [5.74, 6) is 0.749. The normalized spacial score (nSPS) is 9.79. The quantitative estimate of drug-likeness (QED) is 0.848. The Balaban J connectivity index is 2.42. The predicted octanol–water partition coefficient (Wildman–Crippen LogP) is 4.26. The second kappa shape index (κ2) is 5.72. The highest BCUT2D eigenvalue weighted by molar-refractivity contribution is 9.10. The van der Waals surface area contributed by atoms with Crippen molar-refractivity contribution in [2.75, 3.05) is 7.11 Å². The third kappa shape index (κ3) is 3.04. The highest BCUT2D eigenvalue weighted by atomic mass is 79.9. The first kappa shape index (κ1) is 13.4. The molecule has 0 aromatic heterocycles. The Hall–Kier alpha value is -2.06. The zero-order chi connectivity index (χ0) is 13.8. The largest absolute Gasteiger partial charge is 0.497 e. The summed E-state index contributed by atoms with van der Waals surface area (Å²) in [6, 6.07) is 10.9. The number of nitrogens with zero attached hydrogens (tertiary/aromatic N) is 1. The molecule has 0 aliphatic rings. The van der Waals surface area contributed by atoms with Crippen LogP contribution in [0.3, 0.4) is 0 Å². The lowest BCUT2D eigenvalue weighted by molar-refractivity contribution is 0.408. The molecule has 0 aliphatic heterocycles. The van der Waals surface area contributed by atoms with Crippen LogP contribution in [-0.4, -0.2) is 7.11 Å². The smallest absolute Gasteiger partial charge is 0.148 e. The van der Waals surface area contributed by atoms with Crippen LogP contribution in [0.15, 0.2) is 40.9 Å².